The third-order valence-corrected chi connectivity index (χ3v) is 3.23. The van der Waals surface area contributed by atoms with Gasteiger partial charge in [0.25, 0.3) is 0 Å². The summed E-state index contributed by atoms with van der Waals surface area (Å²) in [5.74, 6) is -0.227. The zero-order valence-electron chi connectivity index (χ0n) is 12.3. The minimum Gasteiger partial charge on any atom is -0.467 e. The molecule has 106 valence electrons. The van der Waals surface area contributed by atoms with Crippen LogP contribution in [0.4, 0.5) is 11.4 Å². The molecule has 0 aliphatic rings. The topological polar surface area (TPSA) is 41.6 Å². The van der Waals surface area contributed by atoms with Gasteiger partial charge < -0.3 is 15.0 Å². The first-order valence-corrected chi connectivity index (χ1v) is 6.85. The highest BCUT2D eigenvalue weighted by Crippen LogP contribution is 2.18. The number of esters is 1. The molecule has 1 atom stereocenters. The zero-order chi connectivity index (χ0) is 14.3. The monoisotopic (exact) mass is 264 g/mol. The van der Waals surface area contributed by atoms with Crippen molar-refractivity contribution >= 4 is 17.3 Å². The first-order chi connectivity index (χ1) is 9.15. The van der Waals surface area contributed by atoms with Crippen molar-refractivity contribution in [3.05, 3.63) is 24.3 Å². The van der Waals surface area contributed by atoms with Crippen LogP contribution in [0.15, 0.2) is 24.3 Å². The standard InChI is InChI=1S/C15H24N2O2/c1-5-14(15(18)19-4)16-12-8-10-13(11-9-12)17(6-2)7-3/h8-11,14,16H,5-7H2,1-4H3. The highest BCUT2D eigenvalue weighted by Gasteiger charge is 2.16. The van der Waals surface area contributed by atoms with E-state index < -0.39 is 0 Å². The normalized spacial score (nSPS) is 11.8. The summed E-state index contributed by atoms with van der Waals surface area (Å²) in [6.07, 6.45) is 0.699. The fourth-order valence-corrected chi connectivity index (χ4v) is 2.03. The molecule has 4 nitrogen and oxygen atoms in total. The van der Waals surface area contributed by atoms with Gasteiger partial charge in [0, 0.05) is 24.5 Å². The molecular formula is C15H24N2O2. The summed E-state index contributed by atoms with van der Waals surface area (Å²) in [4.78, 5) is 13.8. The fourth-order valence-electron chi connectivity index (χ4n) is 2.03. The number of benzene rings is 1. The molecule has 1 N–H and O–H groups in total. The van der Waals surface area contributed by atoms with Crippen LogP contribution < -0.4 is 10.2 Å². The van der Waals surface area contributed by atoms with Gasteiger partial charge in [-0.15, -0.1) is 0 Å². The van der Waals surface area contributed by atoms with E-state index in [1.54, 1.807) is 0 Å². The Balaban J connectivity index is 2.73. The lowest BCUT2D eigenvalue weighted by Gasteiger charge is -2.22. The number of carbonyl (C=O) groups is 1. The van der Waals surface area contributed by atoms with Crippen LogP contribution in [0.5, 0.6) is 0 Å². The second kappa shape index (κ2) is 7.67. The van der Waals surface area contributed by atoms with Crippen molar-refractivity contribution in [1.82, 2.24) is 0 Å². The molecule has 0 aromatic heterocycles. The molecule has 0 amide bonds. The molecule has 1 rings (SSSR count). The van der Waals surface area contributed by atoms with E-state index in [1.165, 1.54) is 12.8 Å². The number of rotatable bonds is 7. The SMILES string of the molecule is CCC(Nc1ccc(N(CC)CC)cc1)C(=O)OC. The van der Waals surface area contributed by atoms with Gasteiger partial charge in [-0.2, -0.15) is 0 Å². The van der Waals surface area contributed by atoms with Crippen molar-refractivity contribution < 1.29 is 9.53 Å². The number of carbonyl (C=O) groups excluding carboxylic acids is 1. The lowest BCUT2D eigenvalue weighted by atomic mass is 10.2. The molecule has 1 unspecified atom stereocenters. The fraction of sp³-hybridized carbons (Fsp3) is 0.533. The van der Waals surface area contributed by atoms with Crippen molar-refractivity contribution in [2.75, 3.05) is 30.4 Å². The molecule has 0 spiro atoms. The van der Waals surface area contributed by atoms with Gasteiger partial charge >= 0.3 is 5.97 Å². The number of nitrogens with one attached hydrogen (secondary N) is 1. The first kappa shape index (κ1) is 15.3. The maximum absolute atomic E-state index is 11.5. The number of hydrogen-bond donors (Lipinski definition) is 1. The molecule has 0 aliphatic carbocycles. The highest BCUT2D eigenvalue weighted by molar-refractivity contribution is 5.79. The third kappa shape index (κ3) is 4.16. The second-order valence-electron chi connectivity index (χ2n) is 4.35. The lowest BCUT2D eigenvalue weighted by molar-refractivity contribution is -0.141. The van der Waals surface area contributed by atoms with E-state index in [0.717, 1.165) is 18.8 Å². The number of anilines is 2. The molecule has 1 aromatic rings. The van der Waals surface area contributed by atoms with Crippen LogP contribution in [0.2, 0.25) is 0 Å². The predicted molar refractivity (Wildman–Crippen MR) is 79.7 cm³/mol. The van der Waals surface area contributed by atoms with Gasteiger partial charge in [-0.05, 0) is 44.5 Å². The van der Waals surface area contributed by atoms with Crippen LogP contribution in [0, 0.1) is 0 Å². The lowest BCUT2D eigenvalue weighted by Crippen LogP contribution is -2.29. The first-order valence-electron chi connectivity index (χ1n) is 6.85. The maximum Gasteiger partial charge on any atom is 0.328 e. The largest absolute Gasteiger partial charge is 0.467 e. The summed E-state index contributed by atoms with van der Waals surface area (Å²) in [6, 6.07) is 7.85. The average Bonchev–Trinajstić information content (AvgIpc) is 2.46. The van der Waals surface area contributed by atoms with Crippen LogP contribution in [0.1, 0.15) is 27.2 Å². The van der Waals surface area contributed by atoms with Gasteiger partial charge in [0.2, 0.25) is 0 Å². The third-order valence-electron chi connectivity index (χ3n) is 3.23. The second-order valence-corrected chi connectivity index (χ2v) is 4.35. The molecule has 1 aromatic carbocycles. The molecule has 0 bridgehead atoms. The molecule has 0 radical (unpaired) electrons. The van der Waals surface area contributed by atoms with Gasteiger partial charge in [0.05, 0.1) is 7.11 Å². The Hall–Kier alpha value is -1.71. The number of methoxy groups -OCH3 is 1. The molecule has 0 aliphatic heterocycles. The Morgan fingerprint density at radius 1 is 1.21 bits per heavy atom. The summed E-state index contributed by atoms with van der Waals surface area (Å²) >= 11 is 0. The van der Waals surface area contributed by atoms with Crippen LogP contribution in [0.3, 0.4) is 0 Å². The van der Waals surface area contributed by atoms with E-state index in [0.29, 0.717) is 6.42 Å². The average molecular weight is 264 g/mol. The van der Waals surface area contributed by atoms with Crippen molar-refractivity contribution in [2.24, 2.45) is 0 Å². The molecule has 0 heterocycles. The summed E-state index contributed by atoms with van der Waals surface area (Å²) in [6.45, 7) is 8.21. The summed E-state index contributed by atoms with van der Waals surface area (Å²) < 4.78 is 4.76. The van der Waals surface area contributed by atoms with Crippen LogP contribution in [0.25, 0.3) is 0 Å². The molecule has 0 saturated heterocycles. The van der Waals surface area contributed by atoms with E-state index >= 15 is 0 Å². The zero-order valence-corrected chi connectivity index (χ0v) is 12.3. The summed E-state index contributed by atoms with van der Waals surface area (Å²) in [5.41, 5.74) is 2.13. The Morgan fingerprint density at radius 3 is 2.21 bits per heavy atom. The van der Waals surface area contributed by atoms with Gasteiger partial charge in [-0.1, -0.05) is 6.92 Å². The van der Waals surface area contributed by atoms with E-state index in [2.05, 4.69) is 36.2 Å². The summed E-state index contributed by atoms with van der Waals surface area (Å²) in [7, 11) is 1.41. The van der Waals surface area contributed by atoms with Gasteiger partial charge in [-0.3, -0.25) is 0 Å². The van der Waals surface area contributed by atoms with Gasteiger partial charge in [0.1, 0.15) is 6.04 Å². The number of nitrogens with zero attached hydrogens (tertiary/aromatic N) is 1. The van der Waals surface area contributed by atoms with Crippen LogP contribution in [-0.4, -0.2) is 32.2 Å². The van der Waals surface area contributed by atoms with Crippen molar-refractivity contribution in [3.63, 3.8) is 0 Å². The van der Waals surface area contributed by atoms with Crippen molar-refractivity contribution in [2.45, 2.75) is 33.2 Å². The number of hydrogen-bond acceptors (Lipinski definition) is 4. The van der Waals surface area contributed by atoms with Crippen molar-refractivity contribution in [1.29, 1.82) is 0 Å². The predicted octanol–water partition coefficient (Wildman–Crippen LogP) is 2.90. The van der Waals surface area contributed by atoms with E-state index in [4.69, 9.17) is 4.74 Å². The Labute approximate surface area is 115 Å². The summed E-state index contributed by atoms with van der Waals surface area (Å²) in [5, 5.41) is 3.19. The van der Waals surface area contributed by atoms with E-state index in [9.17, 15) is 4.79 Å². The minimum atomic E-state index is -0.288. The molecular weight excluding hydrogens is 240 g/mol. The minimum absolute atomic E-state index is 0.227. The highest BCUT2D eigenvalue weighted by atomic mass is 16.5. The van der Waals surface area contributed by atoms with E-state index in [1.807, 2.05) is 19.1 Å². The molecule has 19 heavy (non-hydrogen) atoms. The van der Waals surface area contributed by atoms with Crippen LogP contribution >= 0.6 is 0 Å². The number of ether oxygens (including phenoxy) is 1. The van der Waals surface area contributed by atoms with Crippen molar-refractivity contribution in [3.8, 4) is 0 Å². The maximum atomic E-state index is 11.5. The van der Waals surface area contributed by atoms with Crippen LogP contribution in [-0.2, 0) is 9.53 Å². The molecule has 0 saturated carbocycles. The Bertz CT molecular complexity index is 386. The molecule has 0 fully saturated rings. The Kier molecular flexibility index (Phi) is 6.19. The van der Waals surface area contributed by atoms with Gasteiger partial charge in [0.15, 0.2) is 0 Å². The Morgan fingerprint density at radius 2 is 1.79 bits per heavy atom. The molecule has 4 heteroatoms. The smallest absolute Gasteiger partial charge is 0.328 e. The van der Waals surface area contributed by atoms with E-state index in [-0.39, 0.29) is 12.0 Å². The quantitative estimate of drug-likeness (QED) is 0.769. The van der Waals surface area contributed by atoms with Gasteiger partial charge in [-0.25, -0.2) is 4.79 Å².